The average molecular weight is 341 g/mol. The molecule has 3 aromatic rings. The van der Waals surface area contributed by atoms with E-state index < -0.39 is 17.8 Å². The zero-order chi connectivity index (χ0) is 17.2. The number of alkyl halides is 3. The van der Waals surface area contributed by atoms with Crippen molar-refractivity contribution in [2.75, 3.05) is 0 Å². The molecule has 11 heteroatoms. The Morgan fingerprint density at radius 2 is 1.71 bits per heavy atom. The Morgan fingerprint density at radius 1 is 1.12 bits per heavy atom. The van der Waals surface area contributed by atoms with Gasteiger partial charge in [-0.25, -0.2) is 9.97 Å². The van der Waals surface area contributed by atoms with E-state index in [-0.39, 0.29) is 18.8 Å². The van der Waals surface area contributed by atoms with E-state index in [1.54, 1.807) is 0 Å². The molecule has 8 nitrogen and oxygen atoms in total. The van der Waals surface area contributed by atoms with Gasteiger partial charge in [0.25, 0.3) is 5.91 Å². The number of rotatable bonds is 5. The van der Waals surface area contributed by atoms with Crippen LogP contribution in [0.25, 0.3) is 0 Å². The molecule has 0 radical (unpaired) electrons. The van der Waals surface area contributed by atoms with Crippen LogP contribution < -0.4 is 0 Å². The van der Waals surface area contributed by atoms with Crippen molar-refractivity contribution in [1.29, 1.82) is 0 Å². The Balaban J connectivity index is 1.83. The summed E-state index contributed by atoms with van der Waals surface area (Å²) >= 11 is 0. The van der Waals surface area contributed by atoms with Gasteiger partial charge in [0, 0.05) is 6.07 Å². The van der Waals surface area contributed by atoms with Crippen LogP contribution in [0.5, 0.6) is 0 Å². The van der Waals surface area contributed by atoms with Gasteiger partial charge in [-0.2, -0.15) is 18.3 Å². The maximum Gasteiger partial charge on any atom is 0.432 e. The van der Waals surface area contributed by atoms with Crippen molar-refractivity contribution in [2.24, 2.45) is 0 Å². The number of hydrogen-bond donors (Lipinski definition) is 1. The van der Waals surface area contributed by atoms with Gasteiger partial charge in [0.2, 0.25) is 0 Å². The lowest BCUT2D eigenvalue weighted by Gasteiger charge is -2.19. The second-order valence-electron chi connectivity index (χ2n) is 4.79. The third-order valence-corrected chi connectivity index (χ3v) is 3.06. The summed E-state index contributed by atoms with van der Waals surface area (Å²) in [4.78, 5) is 21.5. The van der Waals surface area contributed by atoms with E-state index in [1.165, 1.54) is 30.2 Å². The molecular weight excluding hydrogens is 331 g/mol. The molecule has 0 aliphatic rings. The number of carbonyl (C=O) groups is 1. The van der Waals surface area contributed by atoms with Gasteiger partial charge in [-0.3, -0.25) is 9.89 Å². The number of aromatic amines is 1. The van der Waals surface area contributed by atoms with Crippen molar-refractivity contribution in [3.8, 4) is 0 Å². The lowest BCUT2D eigenvalue weighted by atomic mass is 10.2. The van der Waals surface area contributed by atoms with Crippen molar-refractivity contribution < 1.29 is 26.8 Å². The zero-order valence-corrected chi connectivity index (χ0v) is 11.9. The van der Waals surface area contributed by atoms with Crippen molar-refractivity contribution in [1.82, 2.24) is 25.1 Å². The molecule has 0 spiro atoms. The Bertz CT molecular complexity index is 759. The fourth-order valence-corrected chi connectivity index (χ4v) is 1.96. The summed E-state index contributed by atoms with van der Waals surface area (Å²) in [5, 5.41) is 5.25. The summed E-state index contributed by atoms with van der Waals surface area (Å²) in [5.41, 5.74) is -0.611. The molecule has 3 aromatic heterocycles. The normalized spacial score (nSPS) is 11.6. The van der Waals surface area contributed by atoms with Gasteiger partial charge in [-0.1, -0.05) is 0 Å². The smallest absolute Gasteiger partial charge is 0.432 e. The minimum Gasteiger partial charge on any atom is -0.451 e. The first kappa shape index (κ1) is 15.8. The summed E-state index contributed by atoms with van der Waals surface area (Å²) in [7, 11) is 0. The lowest BCUT2D eigenvalue weighted by Crippen LogP contribution is -2.30. The number of nitrogens with one attached hydrogen (secondary N) is 1. The van der Waals surface area contributed by atoms with Crippen molar-refractivity contribution in [3.63, 3.8) is 0 Å². The van der Waals surface area contributed by atoms with E-state index in [9.17, 15) is 18.0 Å². The van der Waals surface area contributed by atoms with Crippen molar-refractivity contribution >= 4 is 5.91 Å². The Hall–Kier alpha value is -3.11. The molecule has 0 unspecified atom stereocenters. The van der Waals surface area contributed by atoms with Crippen LogP contribution in [0.2, 0.25) is 0 Å². The highest BCUT2D eigenvalue weighted by atomic mass is 19.4. The van der Waals surface area contributed by atoms with Gasteiger partial charge in [0.05, 0.1) is 24.5 Å². The second kappa shape index (κ2) is 6.18. The Labute approximate surface area is 132 Å². The number of oxazole rings is 2. The molecule has 0 atom stereocenters. The molecule has 3 rings (SSSR count). The van der Waals surface area contributed by atoms with Gasteiger partial charge in [-0.05, 0) is 0 Å². The first-order valence-electron chi connectivity index (χ1n) is 6.59. The molecule has 0 aliphatic carbocycles. The van der Waals surface area contributed by atoms with Crippen molar-refractivity contribution in [3.05, 3.63) is 54.2 Å². The molecule has 0 aromatic carbocycles. The number of H-pyrrole nitrogens is 1. The summed E-state index contributed by atoms with van der Waals surface area (Å²) < 4.78 is 47.6. The number of hydrogen-bond acceptors (Lipinski definition) is 6. The maximum absolute atomic E-state index is 12.6. The average Bonchev–Trinajstić information content (AvgIpc) is 3.27. The quantitative estimate of drug-likeness (QED) is 0.764. The van der Waals surface area contributed by atoms with Gasteiger partial charge in [-0.15, -0.1) is 0 Å². The maximum atomic E-state index is 12.6. The lowest BCUT2D eigenvalue weighted by molar-refractivity contribution is -0.141. The summed E-state index contributed by atoms with van der Waals surface area (Å²) in [6.45, 7) is 0.0206. The molecule has 0 saturated carbocycles. The van der Waals surface area contributed by atoms with E-state index in [2.05, 4.69) is 15.1 Å². The molecular formula is C13H10F3N5O3. The van der Waals surface area contributed by atoms with Crippen LogP contribution in [0.1, 0.15) is 27.6 Å². The first-order valence-corrected chi connectivity index (χ1v) is 6.59. The fraction of sp³-hybridized carbons (Fsp3) is 0.231. The molecule has 24 heavy (non-hydrogen) atoms. The first-order chi connectivity index (χ1) is 11.4. The minimum absolute atomic E-state index is 0.0103. The summed E-state index contributed by atoms with van der Waals surface area (Å²) in [6, 6.07) is 0.654. The van der Waals surface area contributed by atoms with Crippen LogP contribution in [0, 0.1) is 0 Å². The van der Waals surface area contributed by atoms with Crippen LogP contribution in [-0.4, -0.2) is 31.0 Å². The monoisotopic (exact) mass is 341 g/mol. The van der Waals surface area contributed by atoms with Crippen LogP contribution in [0.3, 0.4) is 0 Å². The van der Waals surface area contributed by atoms with E-state index in [4.69, 9.17) is 8.83 Å². The number of carbonyl (C=O) groups excluding carboxylic acids is 1. The van der Waals surface area contributed by atoms with Crippen LogP contribution >= 0.6 is 0 Å². The predicted molar refractivity (Wildman–Crippen MR) is 70.2 cm³/mol. The second-order valence-corrected chi connectivity index (χ2v) is 4.79. The third kappa shape index (κ3) is 3.45. The zero-order valence-electron chi connectivity index (χ0n) is 11.9. The number of amides is 1. The number of nitrogens with zero attached hydrogens (tertiary/aromatic N) is 4. The van der Waals surface area contributed by atoms with E-state index in [0.29, 0.717) is 17.5 Å². The van der Waals surface area contributed by atoms with Crippen LogP contribution in [0.4, 0.5) is 13.2 Å². The molecule has 3 heterocycles. The molecule has 0 saturated heterocycles. The molecule has 1 N–H and O–H groups in total. The molecule has 1 amide bonds. The van der Waals surface area contributed by atoms with Gasteiger partial charge in [0.1, 0.15) is 18.2 Å². The van der Waals surface area contributed by atoms with E-state index in [1.807, 2.05) is 5.10 Å². The highest BCUT2D eigenvalue weighted by Crippen LogP contribution is 2.28. The number of aromatic nitrogens is 4. The highest BCUT2D eigenvalue weighted by Gasteiger charge is 2.34. The molecule has 0 bridgehead atoms. The topological polar surface area (TPSA) is 101 Å². The standard InChI is InChI=1S/C13H10F3N5O3/c14-13(15,16)11-1-10(19-20-11)12(22)21(2-8-4-23-6-17-8)3-9-5-24-7-18-9/h1,4-7H,2-3H2,(H,19,20). The third-order valence-electron chi connectivity index (χ3n) is 3.06. The van der Waals surface area contributed by atoms with Gasteiger partial charge < -0.3 is 13.7 Å². The highest BCUT2D eigenvalue weighted by molar-refractivity contribution is 5.92. The largest absolute Gasteiger partial charge is 0.451 e. The predicted octanol–water partition coefficient (Wildman–Crippen LogP) is 2.25. The van der Waals surface area contributed by atoms with Gasteiger partial charge >= 0.3 is 6.18 Å². The minimum atomic E-state index is -4.62. The number of halogens is 3. The summed E-state index contributed by atoms with van der Waals surface area (Å²) in [6.07, 6.45) is 0.410. The van der Waals surface area contributed by atoms with E-state index in [0.717, 1.165) is 0 Å². The van der Waals surface area contributed by atoms with Crippen LogP contribution in [0.15, 0.2) is 40.2 Å². The summed E-state index contributed by atoms with van der Waals surface area (Å²) in [5.74, 6) is -0.715. The Morgan fingerprint density at radius 3 is 2.12 bits per heavy atom. The Kier molecular flexibility index (Phi) is 4.06. The SMILES string of the molecule is O=C(c1cc(C(F)(F)F)[nH]n1)N(Cc1cocn1)Cc1cocn1. The van der Waals surface area contributed by atoms with Crippen LogP contribution in [-0.2, 0) is 19.3 Å². The fourth-order valence-electron chi connectivity index (χ4n) is 1.96. The van der Waals surface area contributed by atoms with Crippen molar-refractivity contribution in [2.45, 2.75) is 19.3 Å². The molecule has 0 fully saturated rings. The van der Waals surface area contributed by atoms with E-state index >= 15 is 0 Å². The van der Waals surface area contributed by atoms with Gasteiger partial charge in [0.15, 0.2) is 18.5 Å². The molecule has 0 aliphatic heterocycles. The molecule has 126 valence electrons.